The minimum absolute atomic E-state index is 0.127. The van der Waals surface area contributed by atoms with Gasteiger partial charge in [-0.1, -0.05) is 80.6 Å². The van der Waals surface area contributed by atoms with Gasteiger partial charge in [-0.3, -0.25) is 4.79 Å². The molecule has 4 nitrogen and oxygen atoms in total. The van der Waals surface area contributed by atoms with Crippen molar-refractivity contribution < 1.29 is 14.3 Å². The molecule has 0 radical (unpaired) electrons. The topological polar surface area (TPSA) is 38.8 Å². The van der Waals surface area contributed by atoms with E-state index in [9.17, 15) is 4.79 Å². The van der Waals surface area contributed by atoms with Gasteiger partial charge in [0, 0.05) is 13.0 Å². The highest BCUT2D eigenvalue weighted by atomic mass is 16.5. The highest BCUT2D eigenvalue weighted by Crippen LogP contribution is 2.33. The summed E-state index contributed by atoms with van der Waals surface area (Å²) in [5.74, 6) is 1.73. The number of ether oxygens (including phenoxy) is 2. The Balaban J connectivity index is 2.06. The van der Waals surface area contributed by atoms with Gasteiger partial charge in [0.1, 0.15) is 0 Å². The molecule has 3 aromatic rings. The highest BCUT2D eigenvalue weighted by Gasteiger charge is 2.27. The van der Waals surface area contributed by atoms with Crippen molar-refractivity contribution in [1.29, 1.82) is 0 Å². The van der Waals surface area contributed by atoms with E-state index in [0.29, 0.717) is 24.5 Å². The van der Waals surface area contributed by atoms with Gasteiger partial charge < -0.3 is 14.4 Å². The van der Waals surface area contributed by atoms with Crippen molar-refractivity contribution in [3.8, 4) is 11.5 Å². The standard InChI is InChI=1S/C27H31NO3/c1-20(2)17-26(29)28(19-21-15-16-24(30-3)25(18-21)31-4)27(22-11-7-5-8-12-22)23-13-9-6-10-14-23/h5-16,18,20,27H,17,19H2,1-4H3. The number of rotatable bonds is 9. The number of carbonyl (C=O) groups excluding carboxylic acids is 1. The number of nitrogens with zero attached hydrogens (tertiary/aromatic N) is 1. The van der Waals surface area contributed by atoms with E-state index >= 15 is 0 Å². The molecule has 0 heterocycles. The second kappa shape index (κ2) is 10.7. The van der Waals surface area contributed by atoms with Crippen molar-refractivity contribution in [2.45, 2.75) is 32.9 Å². The van der Waals surface area contributed by atoms with Gasteiger partial charge >= 0.3 is 0 Å². The Morgan fingerprint density at radius 1 is 0.806 bits per heavy atom. The number of carbonyl (C=O) groups is 1. The Morgan fingerprint density at radius 2 is 1.35 bits per heavy atom. The number of methoxy groups -OCH3 is 2. The molecule has 0 unspecified atom stereocenters. The van der Waals surface area contributed by atoms with Crippen molar-refractivity contribution in [2.75, 3.05) is 14.2 Å². The minimum atomic E-state index is -0.179. The molecule has 3 rings (SSSR count). The van der Waals surface area contributed by atoms with Gasteiger partial charge in [0.05, 0.1) is 20.3 Å². The zero-order valence-corrected chi connectivity index (χ0v) is 18.7. The van der Waals surface area contributed by atoms with Crippen LogP contribution in [0.25, 0.3) is 0 Å². The molecule has 0 aliphatic heterocycles. The summed E-state index contributed by atoms with van der Waals surface area (Å²) < 4.78 is 10.9. The van der Waals surface area contributed by atoms with Crippen LogP contribution in [0.4, 0.5) is 0 Å². The maximum atomic E-state index is 13.5. The zero-order valence-electron chi connectivity index (χ0n) is 18.7. The molecular weight excluding hydrogens is 386 g/mol. The largest absolute Gasteiger partial charge is 0.493 e. The molecule has 1 amide bonds. The van der Waals surface area contributed by atoms with Crippen LogP contribution in [-0.4, -0.2) is 25.0 Å². The van der Waals surface area contributed by atoms with E-state index in [1.165, 1.54) is 0 Å². The number of hydrogen-bond donors (Lipinski definition) is 0. The number of amides is 1. The van der Waals surface area contributed by atoms with Crippen molar-refractivity contribution in [1.82, 2.24) is 4.90 Å². The maximum Gasteiger partial charge on any atom is 0.223 e. The average Bonchev–Trinajstić information content (AvgIpc) is 2.79. The van der Waals surface area contributed by atoms with E-state index in [0.717, 1.165) is 16.7 Å². The highest BCUT2D eigenvalue weighted by molar-refractivity contribution is 5.77. The van der Waals surface area contributed by atoms with Crippen molar-refractivity contribution >= 4 is 5.91 Å². The summed E-state index contributed by atoms with van der Waals surface area (Å²) in [6.45, 7) is 4.62. The maximum absolute atomic E-state index is 13.5. The van der Waals surface area contributed by atoms with Crippen LogP contribution >= 0.6 is 0 Å². The fraction of sp³-hybridized carbons (Fsp3) is 0.296. The van der Waals surface area contributed by atoms with Gasteiger partial charge in [-0.05, 0) is 34.7 Å². The van der Waals surface area contributed by atoms with Crippen molar-refractivity contribution in [2.24, 2.45) is 5.92 Å². The molecule has 0 fully saturated rings. The smallest absolute Gasteiger partial charge is 0.223 e. The van der Waals surface area contributed by atoms with Crippen molar-refractivity contribution in [3.63, 3.8) is 0 Å². The average molecular weight is 418 g/mol. The lowest BCUT2D eigenvalue weighted by Crippen LogP contribution is -2.35. The number of benzene rings is 3. The molecule has 0 saturated carbocycles. The molecule has 4 heteroatoms. The van der Waals surface area contributed by atoms with Gasteiger partial charge in [0.25, 0.3) is 0 Å². The first kappa shape index (κ1) is 22.4. The second-order valence-corrected chi connectivity index (χ2v) is 8.03. The number of hydrogen-bond acceptors (Lipinski definition) is 3. The Labute approximate surface area is 185 Å². The molecule has 31 heavy (non-hydrogen) atoms. The summed E-state index contributed by atoms with van der Waals surface area (Å²) in [5, 5.41) is 0. The molecule has 0 N–H and O–H groups in total. The molecule has 0 aliphatic rings. The third-order valence-electron chi connectivity index (χ3n) is 5.25. The summed E-state index contributed by atoms with van der Waals surface area (Å²) in [6, 6.07) is 26.1. The molecule has 0 aliphatic carbocycles. The predicted octanol–water partition coefficient (Wildman–Crippen LogP) is 5.87. The van der Waals surface area contributed by atoms with E-state index in [4.69, 9.17) is 9.47 Å². The third-order valence-corrected chi connectivity index (χ3v) is 5.25. The third kappa shape index (κ3) is 5.66. The minimum Gasteiger partial charge on any atom is -0.493 e. The van der Waals surface area contributed by atoms with Crippen LogP contribution in [0.5, 0.6) is 11.5 Å². The quantitative estimate of drug-likeness (QED) is 0.437. The fourth-order valence-electron chi connectivity index (χ4n) is 3.79. The summed E-state index contributed by atoms with van der Waals surface area (Å²) >= 11 is 0. The lowest BCUT2D eigenvalue weighted by molar-refractivity contribution is -0.134. The van der Waals surface area contributed by atoms with Crippen LogP contribution in [0.3, 0.4) is 0 Å². The Bertz CT molecular complexity index is 931. The van der Waals surface area contributed by atoms with Crippen LogP contribution in [0, 0.1) is 5.92 Å². The molecular formula is C27H31NO3. The molecule has 3 aromatic carbocycles. The summed E-state index contributed by atoms with van der Waals surface area (Å²) in [7, 11) is 3.25. The van der Waals surface area contributed by atoms with Crippen LogP contribution in [0.2, 0.25) is 0 Å². The first-order valence-corrected chi connectivity index (χ1v) is 10.6. The molecule has 0 saturated heterocycles. The van der Waals surface area contributed by atoms with Crippen molar-refractivity contribution in [3.05, 3.63) is 95.6 Å². The van der Waals surface area contributed by atoms with Crippen LogP contribution in [-0.2, 0) is 11.3 Å². The zero-order chi connectivity index (χ0) is 22.2. The fourth-order valence-corrected chi connectivity index (χ4v) is 3.79. The molecule has 162 valence electrons. The van der Waals surface area contributed by atoms with E-state index in [-0.39, 0.29) is 17.9 Å². The van der Waals surface area contributed by atoms with Gasteiger partial charge in [0.2, 0.25) is 5.91 Å². The SMILES string of the molecule is COc1ccc(CN(C(=O)CC(C)C)C(c2ccccc2)c2ccccc2)cc1OC. The molecule has 0 aromatic heterocycles. The van der Waals surface area contributed by atoms with Gasteiger partial charge in [-0.25, -0.2) is 0 Å². The van der Waals surface area contributed by atoms with E-state index in [1.54, 1.807) is 14.2 Å². The van der Waals surface area contributed by atoms with E-state index < -0.39 is 0 Å². The van der Waals surface area contributed by atoms with Crippen LogP contribution in [0.15, 0.2) is 78.9 Å². The molecule has 0 spiro atoms. The van der Waals surface area contributed by atoms with Gasteiger partial charge in [0.15, 0.2) is 11.5 Å². The molecule has 0 bridgehead atoms. The first-order chi connectivity index (χ1) is 15.0. The lowest BCUT2D eigenvalue weighted by Gasteiger charge is -2.33. The summed E-state index contributed by atoms with van der Waals surface area (Å²) in [6.07, 6.45) is 0.490. The Morgan fingerprint density at radius 3 is 1.84 bits per heavy atom. The van der Waals surface area contributed by atoms with Gasteiger partial charge in [-0.15, -0.1) is 0 Å². The lowest BCUT2D eigenvalue weighted by atomic mass is 9.95. The Hall–Kier alpha value is -3.27. The van der Waals surface area contributed by atoms with Gasteiger partial charge in [-0.2, -0.15) is 0 Å². The first-order valence-electron chi connectivity index (χ1n) is 10.6. The second-order valence-electron chi connectivity index (χ2n) is 8.03. The monoisotopic (exact) mass is 417 g/mol. The normalized spacial score (nSPS) is 10.9. The van der Waals surface area contributed by atoms with E-state index in [2.05, 4.69) is 38.1 Å². The summed E-state index contributed by atoms with van der Waals surface area (Å²) in [4.78, 5) is 15.5. The predicted molar refractivity (Wildman–Crippen MR) is 124 cm³/mol. The summed E-state index contributed by atoms with van der Waals surface area (Å²) in [5.41, 5.74) is 3.17. The van der Waals surface area contributed by atoms with E-state index in [1.807, 2.05) is 59.5 Å². The molecule has 0 atom stereocenters. The Kier molecular flexibility index (Phi) is 7.71. The van der Waals surface area contributed by atoms with Crippen LogP contribution in [0.1, 0.15) is 43.0 Å². The van der Waals surface area contributed by atoms with Crippen LogP contribution < -0.4 is 9.47 Å².